The summed E-state index contributed by atoms with van der Waals surface area (Å²) in [5.41, 5.74) is 2.90. The lowest BCUT2D eigenvalue weighted by Gasteiger charge is -2.32. The van der Waals surface area contributed by atoms with Crippen LogP contribution < -0.4 is 16.0 Å². The topological polar surface area (TPSA) is 94.7 Å². The van der Waals surface area contributed by atoms with Gasteiger partial charge in [0.2, 0.25) is 5.91 Å². The maximum atomic E-state index is 12.7. The van der Waals surface area contributed by atoms with Crippen LogP contribution in [0.15, 0.2) is 36.7 Å². The minimum Gasteiger partial charge on any atom is -0.367 e. The lowest BCUT2D eigenvalue weighted by Crippen LogP contribution is -2.46. The number of carbonyl (C=O) groups excluding carboxylic acids is 1. The summed E-state index contributed by atoms with van der Waals surface area (Å²) in [6.07, 6.45) is 9.66. The van der Waals surface area contributed by atoms with Crippen molar-refractivity contribution in [1.82, 2.24) is 25.6 Å². The van der Waals surface area contributed by atoms with Crippen molar-refractivity contribution >= 4 is 34.4 Å². The van der Waals surface area contributed by atoms with Gasteiger partial charge in [0.1, 0.15) is 16.6 Å². The van der Waals surface area contributed by atoms with E-state index >= 15 is 0 Å². The van der Waals surface area contributed by atoms with E-state index in [4.69, 9.17) is 11.6 Å². The summed E-state index contributed by atoms with van der Waals surface area (Å²) < 4.78 is 0. The average Bonchev–Trinajstić information content (AvgIpc) is 3.24. The van der Waals surface area contributed by atoms with Crippen molar-refractivity contribution in [3.63, 3.8) is 0 Å². The Labute approximate surface area is 192 Å². The van der Waals surface area contributed by atoms with Gasteiger partial charge in [-0.15, -0.1) is 0 Å². The van der Waals surface area contributed by atoms with Crippen LogP contribution in [0.5, 0.6) is 0 Å². The SMILES string of the molecule is O=C(NC1CCCC(Nc2cc(-c3c[nH]c4ncccc34)cc(Cl)n2)C1)C1CCNCC1. The number of nitrogens with one attached hydrogen (secondary N) is 4. The van der Waals surface area contributed by atoms with E-state index in [0.29, 0.717) is 5.15 Å². The highest BCUT2D eigenvalue weighted by molar-refractivity contribution is 6.29. The highest BCUT2D eigenvalue weighted by atomic mass is 35.5. The number of hydrogen-bond donors (Lipinski definition) is 4. The normalized spacial score (nSPS) is 22.0. The summed E-state index contributed by atoms with van der Waals surface area (Å²) in [6, 6.07) is 8.37. The van der Waals surface area contributed by atoms with Gasteiger partial charge in [-0.3, -0.25) is 4.79 Å². The molecule has 0 radical (unpaired) electrons. The molecule has 3 aromatic heterocycles. The van der Waals surface area contributed by atoms with Gasteiger partial charge in [0.25, 0.3) is 0 Å². The summed E-state index contributed by atoms with van der Waals surface area (Å²) in [5.74, 6) is 1.13. The van der Waals surface area contributed by atoms with E-state index in [1.807, 2.05) is 30.5 Å². The van der Waals surface area contributed by atoms with E-state index in [9.17, 15) is 4.79 Å². The molecule has 2 aliphatic rings. The van der Waals surface area contributed by atoms with E-state index in [-0.39, 0.29) is 23.9 Å². The van der Waals surface area contributed by atoms with Gasteiger partial charge in [0, 0.05) is 41.3 Å². The van der Waals surface area contributed by atoms with Gasteiger partial charge in [0.15, 0.2) is 0 Å². The number of halogens is 1. The van der Waals surface area contributed by atoms with Gasteiger partial charge in [-0.1, -0.05) is 11.6 Å². The number of aromatic nitrogens is 3. The van der Waals surface area contributed by atoms with E-state index in [2.05, 4.69) is 30.9 Å². The lowest BCUT2D eigenvalue weighted by atomic mass is 9.89. The number of anilines is 1. The van der Waals surface area contributed by atoms with Gasteiger partial charge in [-0.05, 0) is 81.4 Å². The molecule has 4 heterocycles. The Morgan fingerprint density at radius 3 is 2.84 bits per heavy atom. The second-order valence-electron chi connectivity index (χ2n) is 8.90. The smallest absolute Gasteiger partial charge is 0.223 e. The van der Waals surface area contributed by atoms with Crippen LogP contribution in [0.4, 0.5) is 5.82 Å². The first-order valence-corrected chi connectivity index (χ1v) is 11.9. The molecule has 0 spiro atoms. The fourth-order valence-electron chi connectivity index (χ4n) is 4.99. The molecule has 5 rings (SSSR count). The predicted octanol–water partition coefficient (Wildman–Crippen LogP) is 4.12. The number of piperidine rings is 1. The largest absolute Gasteiger partial charge is 0.367 e. The van der Waals surface area contributed by atoms with Crippen molar-refractivity contribution < 1.29 is 4.79 Å². The second kappa shape index (κ2) is 9.46. The van der Waals surface area contributed by atoms with E-state index in [0.717, 1.165) is 79.6 Å². The number of nitrogens with zero attached hydrogens (tertiary/aromatic N) is 2. The highest BCUT2D eigenvalue weighted by Gasteiger charge is 2.27. The van der Waals surface area contributed by atoms with Gasteiger partial charge < -0.3 is 20.9 Å². The van der Waals surface area contributed by atoms with Crippen molar-refractivity contribution in [1.29, 1.82) is 0 Å². The molecule has 3 aromatic rings. The summed E-state index contributed by atoms with van der Waals surface area (Å²) >= 11 is 6.38. The highest BCUT2D eigenvalue weighted by Crippen LogP contribution is 2.31. The molecule has 0 aromatic carbocycles. The van der Waals surface area contributed by atoms with Crippen molar-refractivity contribution in [3.8, 4) is 11.1 Å². The molecule has 2 fully saturated rings. The Bertz CT molecular complexity index is 1090. The number of pyridine rings is 2. The molecule has 1 aliphatic heterocycles. The molecule has 1 aliphatic carbocycles. The number of hydrogen-bond acceptors (Lipinski definition) is 5. The number of aromatic amines is 1. The first-order valence-electron chi connectivity index (χ1n) is 11.5. The van der Waals surface area contributed by atoms with E-state index < -0.39 is 0 Å². The quantitative estimate of drug-likeness (QED) is 0.437. The molecule has 1 saturated heterocycles. The Morgan fingerprint density at radius 2 is 1.97 bits per heavy atom. The van der Waals surface area contributed by atoms with Crippen molar-refractivity contribution in [2.24, 2.45) is 5.92 Å². The maximum absolute atomic E-state index is 12.7. The zero-order valence-corrected chi connectivity index (χ0v) is 18.8. The molecule has 168 valence electrons. The van der Waals surface area contributed by atoms with Crippen LogP contribution >= 0.6 is 11.6 Å². The second-order valence-corrected chi connectivity index (χ2v) is 9.29. The third-order valence-electron chi connectivity index (χ3n) is 6.64. The molecule has 32 heavy (non-hydrogen) atoms. The molecule has 2 unspecified atom stereocenters. The third-order valence-corrected chi connectivity index (χ3v) is 6.83. The Morgan fingerprint density at radius 1 is 1.12 bits per heavy atom. The number of rotatable bonds is 5. The fraction of sp³-hybridized carbons (Fsp3) is 0.458. The third kappa shape index (κ3) is 4.74. The van der Waals surface area contributed by atoms with Crippen molar-refractivity contribution in [2.45, 2.75) is 50.6 Å². The number of fused-ring (bicyclic) bond motifs is 1. The standard InChI is InChI=1S/C24H29ClN6O/c25-21-11-16(20-14-28-23-19(20)5-2-8-27-23)12-22(31-21)29-17-3-1-4-18(13-17)30-24(32)15-6-9-26-10-7-15/h2,5,8,11-12,14-15,17-18,26H,1,3-4,6-7,9-10,13H2,(H,27,28)(H,29,31)(H,30,32). The van der Waals surface area contributed by atoms with Crippen LogP contribution in [0.25, 0.3) is 22.2 Å². The van der Waals surface area contributed by atoms with Crippen molar-refractivity contribution in [3.05, 3.63) is 41.8 Å². The molecule has 8 heteroatoms. The molecular weight excluding hydrogens is 424 g/mol. The molecular formula is C24H29ClN6O. The molecule has 7 nitrogen and oxygen atoms in total. The number of carbonyl (C=O) groups is 1. The Balaban J connectivity index is 1.27. The molecule has 1 amide bonds. The summed E-state index contributed by atoms with van der Waals surface area (Å²) in [7, 11) is 0. The molecule has 4 N–H and O–H groups in total. The van der Waals surface area contributed by atoms with Crippen LogP contribution in [0.3, 0.4) is 0 Å². The Kier molecular flexibility index (Phi) is 6.28. The average molecular weight is 453 g/mol. The van der Waals surface area contributed by atoms with Gasteiger partial charge in [-0.2, -0.15) is 0 Å². The predicted molar refractivity (Wildman–Crippen MR) is 128 cm³/mol. The minimum absolute atomic E-state index is 0.146. The summed E-state index contributed by atoms with van der Waals surface area (Å²) in [5, 5.41) is 11.7. The zero-order valence-electron chi connectivity index (χ0n) is 18.0. The van der Waals surface area contributed by atoms with Gasteiger partial charge >= 0.3 is 0 Å². The van der Waals surface area contributed by atoms with E-state index in [1.165, 1.54) is 0 Å². The Hall–Kier alpha value is -2.64. The van der Waals surface area contributed by atoms with Crippen LogP contribution in [-0.2, 0) is 4.79 Å². The first-order chi connectivity index (χ1) is 15.7. The zero-order chi connectivity index (χ0) is 21.9. The molecule has 0 bridgehead atoms. The summed E-state index contributed by atoms with van der Waals surface area (Å²) in [4.78, 5) is 24.8. The van der Waals surface area contributed by atoms with Crippen LogP contribution in [0.2, 0.25) is 5.15 Å². The fourth-order valence-corrected chi connectivity index (χ4v) is 5.19. The molecule has 2 atom stereocenters. The number of H-pyrrole nitrogens is 1. The minimum atomic E-state index is 0.146. The van der Waals surface area contributed by atoms with E-state index in [1.54, 1.807) is 6.20 Å². The lowest BCUT2D eigenvalue weighted by molar-refractivity contribution is -0.126. The maximum Gasteiger partial charge on any atom is 0.223 e. The van der Waals surface area contributed by atoms with Crippen LogP contribution in [0.1, 0.15) is 38.5 Å². The van der Waals surface area contributed by atoms with Gasteiger partial charge in [-0.25, -0.2) is 9.97 Å². The molecule has 1 saturated carbocycles. The van der Waals surface area contributed by atoms with Crippen LogP contribution in [0, 0.1) is 5.92 Å². The summed E-state index contributed by atoms with van der Waals surface area (Å²) in [6.45, 7) is 1.87. The van der Waals surface area contributed by atoms with Crippen LogP contribution in [-0.4, -0.2) is 46.0 Å². The first kappa shape index (κ1) is 21.2. The number of amides is 1. The monoisotopic (exact) mass is 452 g/mol. The van der Waals surface area contributed by atoms with Crippen molar-refractivity contribution in [2.75, 3.05) is 18.4 Å². The van der Waals surface area contributed by atoms with Gasteiger partial charge in [0.05, 0.1) is 0 Å².